The smallest absolute Gasteiger partial charge is 0.0649 e. The third-order valence-electron chi connectivity index (χ3n) is 3.36. The maximum Gasteiger partial charge on any atom is 0.0649 e. The molecule has 1 N–H and O–H groups in total. The Labute approximate surface area is 122 Å². The van der Waals surface area contributed by atoms with Gasteiger partial charge in [0.05, 0.1) is 17.4 Å². The summed E-state index contributed by atoms with van der Waals surface area (Å²) in [5.41, 5.74) is 2.28. The summed E-state index contributed by atoms with van der Waals surface area (Å²) in [6, 6.07) is 16.9. The maximum absolute atomic E-state index is 4.46. The van der Waals surface area contributed by atoms with E-state index in [9.17, 15) is 0 Å². The Morgan fingerprint density at radius 1 is 1.15 bits per heavy atom. The van der Waals surface area contributed by atoms with Crippen LogP contribution in [0.3, 0.4) is 0 Å². The lowest BCUT2D eigenvalue weighted by Gasteiger charge is -2.17. The Morgan fingerprint density at radius 3 is 2.70 bits per heavy atom. The minimum Gasteiger partial charge on any atom is -0.311 e. The molecule has 2 aromatic heterocycles. The molecule has 3 rings (SSSR count). The number of rotatable bonds is 5. The molecule has 20 heavy (non-hydrogen) atoms. The van der Waals surface area contributed by atoms with Gasteiger partial charge in [0.15, 0.2) is 0 Å². The number of para-hydroxylation sites is 1. The van der Waals surface area contributed by atoms with Gasteiger partial charge < -0.3 is 5.32 Å². The topological polar surface area (TPSA) is 29.9 Å². The Bertz CT molecular complexity index is 643. The first-order chi connectivity index (χ1) is 9.88. The van der Waals surface area contributed by atoms with Crippen LogP contribution in [0, 0.1) is 0 Å². The van der Waals surface area contributed by atoms with Crippen LogP contribution < -0.4 is 5.32 Å². The van der Waals surface area contributed by atoms with Crippen molar-refractivity contribution in [3.05, 3.63) is 70.7 Å². The monoisotopic (exact) mass is 283 g/mol. The minimum absolute atomic E-state index is 0.261. The van der Waals surface area contributed by atoms with Crippen molar-refractivity contribution in [3.63, 3.8) is 0 Å². The number of hydrogen-bond donors (Lipinski definition) is 1. The molecular weight excluding hydrogens is 266 g/mol. The Balaban J connectivity index is 1.91. The van der Waals surface area contributed by atoms with E-state index in [-0.39, 0.29) is 6.04 Å². The summed E-state index contributed by atoms with van der Waals surface area (Å²) in [6.45, 7) is 0. The van der Waals surface area contributed by atoms with E-state index in [0.717, 1.165) is 12.1 Å². The predicted molar refractivity (Wildman–Crippen MR) is 83.4 cm³/mol. The van der Waals surface area contributed by atoms with Crippen LogP contribution in [-0.4, -0.2) is 16.8 Å². The fourth-order valence-corrected chi connectivity index (χ4v) is 3.10. The normalized spacial score (nSPS) is 12.4. The first-order valence-corrected chi connectivity index (χ1v) is 7.55. The number of thiophene rings is 1. The van der Waals surface area contributed by atoms with Crippen LogP contribution >= 0.6 is 11.3 Å². The van der Waals surface area contributed by atoms with E-state index >= 15 is 0 Å². The van der Waals surface area contributed by atoms with Gasteiger partial charge in [0, 0.05) is 17.5 Å². The van der Waals surface area contributed by atoms with Crippen LogP contribution in [0.5, 0.6) is 0 Å². The van der Waals surface area contributed by atoms with Crippen molar-refractivity contribution >= 4 is 11.3 Å². The molecule has 0 fully saturated rings. The second kappa shape index (κ2) is 6.03. The Kier molecular flexibility index (Phi) is 3.95. The number of benzene rings is 1. The number of likely N-dealkylation sites (N-methyl/N-ethyl adjacent to an activating group) is 1. The van der Waals surface area contributed by atoms with E-state index in [0.29, 0.717) is 0 Å². The maximum atomic E-state index is 4.46. The van der Waals surface area contributed by atoms with Crippen LogP contribution in [0.1, 0.15) is 16.6 Å². The molecule has 1 atom stereocenters. The van der Waals surface area contributed by atoms with Crippen molar-refractivity contribution in [1.29, 1.82) is 0 Å². The van der Waals surface area contributed by atoms with Gasteiger partial charge in [-0.15, -0.1) is 11.3 Å². The number of aromatic nitrogens is 2. The lowest BCUT2D eigenvalue weighted by Crippen LogP contribution is -2.21. The average Bonchev–Trinajstić information content (AvgIpc) is 3.17. The second-order valence-corrected chi connectivity index (χ2v) is 5.66. The molecule has 0 amide bonds. The average molecular weight is 283 g/mol. The van der Waals surface area contributed by atoms with Gasteiger partial charge >= 0.3 is 0 Å². The molecule has 0 radical (unpaired) electrons. The molecule has 3 aromatic rings. The molecule has 3 nitrogen and oxygen atoms in total. The summed E-state index contributed by atoms with van der Waals surface area (Å²) < 4.78 is 2.01. The van der Waals surface area contributed by atoms with Gasteiger partial charge in [-0.3, -0.25) is 0 Å². The fraction of sp³-hybridized carbons (Fsp3) is 0.188. The number of nitrogens with one attached hydrogen (secondary N) is 1. The van der Waals surface area contributed by atoms with Gasteiger partial charge in [0.2, 0.25) is 0 Å². The summed E-state index contributed by atoms with van der Waals surface area (Å²) >= 11 is 1.80. The zero-order chi connectivity index (χ0) is 13.8. The SMILES string of the molecule is CNC(Cc1cccs1)c1ccnn1-c1ccccc1. The fourth-order valence-electron chi connectivity index (χ4n) is 2.35. The second-order valence-electron chi connectivity index (χ2n) is 4.63. The molecule has 4 heteroatoms. The molecule has 1 unspecified atom stereocenters. The number of nitrogens with zero attached hydrogens (tertiary/aromatic N) is 2. The van der Waals surface area contributed by atoms with E-state index in [1.807, 2.05) is 36.1 Å². The van der Waals surface area contributed by atoms with Crippen molar-refractivity contribution in [1.82, 2.24) is 15.1 Å². The summed E-state index contributed by atoms with van der Waals surface area (Å²) in [5.74, 6) is 0. The highest BCUT2D eigenvalue weighted by Crippen LogP contribution is 2.22. The molecule has 0 saturated carbocycles. The molecule has 0 aliphatic heterocycles. The van der Waals surface area contributed by atoms with E-state index in [1.54, 1.807) is 11.3 Å². The van der Waals surface area contributed by atoms with Crippen molar-refractivity contribution in [2.45, 2.75) is 12.5 Å². The van der Waals surface area contributed by atoms with Gasteiger partial charge in [-0.25, -0.2) is 4.68 Å². The van der Waals surface area contributed by atoms with Crippen LogP contribution in [0.2, 0.25) is 0 Å². The van der Waals surface area contributed by atoms with Crippen LogP contribution in [0.4, 0.5) is 0 Å². The van der Waals surface area contributed by atoms with E-state index in [1.165, 1.54) is 10.6 Å². The first kappa shape index (κ1) is 13.1. The largest absolute Gasteiger partial charge is 0.311 e. The van der Waals surface area contributed by atoms with E-state index < -0.39 is 0 Å². The number of hydrogen-bond acceptors (Lipinski definition) is 3. The lowest BCUT2D eigenvalue weighted by molar-refractivity contribution is 0.559. The molecule has 0 bridgehead atoms. The first-order valence-electron chi connectivity index (χ1n) is 6.67. The Hall–Kier alpha value is -1.91. The van der Waals surface area contributed by atoms with Gasteiger partial charge in [-0.1, -0.05) is 24.3 Å². The van der Waals surface area contributed by atoms with Gasteiger partial charge in [-0.2, -0.15) is 5.10 Å². The van der Waals surface area contributed by atoms with E-state index in [2.05, 4.69) is 46.1 Å². The highest BCUT2D eigenvalue weighted by molar-refractivity contribution is 7.09. The summed E-state index contributed by atoms with van der Waals surface area (Å²) in [5, 5.41) is 9.98. The zero-order valence-corrected chi connectivity index (χ0v) is 12.2. The van der Waals surface area contributed by atoms with Crippen molar-refractivity contribution in [2.24, 2.45) is 0 Å². The Morgan fingerprint density at radius 2 is 2.00 bits per heavy atom. The van der Waals surface area contributed by atoms with Crippen LogP contribution in [0.15, 0.2) is 60.1 Å². The highest BCUT2D eigenvalue weighted by Gasteiger charge is 2.16. The zero-order valence-electron chi connectivity index (χ0n) is 11.4. The van der Waals surface area contributed by atoms with Gasteiger partial charge in [0.1, 0.15) is 0 Å². The van der Waals surface area contributed by atoms with Gasteiger partial charge in [0.25, 0.3) is 0 Å². The van der Waals surface area contributed by atoms with Crippen molar-refractivity contribution in [2.75, 3.05) is 7.05 Å². The molecule has 102 valence electrons. The summed E-state index contributed by atoms with van der Waals surface area (Å²) in [4.78, 5) is 1.38. The molecule has 0 aliphatic carbocycles. The van der Waals surface area contributed by atoms with Crippen LogP contribution in [0.25, 0.3) is 5.69 Å². The standard InChI is InChI=1S/C16H17N3S/c1-17-15(12-14-8-5-11-20-14)16-9-10-18-19(16)13-6-3-2-4-7-13/h2-11,15,17H,12H2,1H3. The summed E-state index contributed by atoms with van der Waals surface area (Å²) in [7, 11) is 2.00. The van der Waals surface area contributed by atoms with E-state index in [4.69, 9.17) is 0 Å². The highest BCUT2D eigenvalue weighted by atomic mass is 32.1. The molecule has 0 aliphatic rings. The quantitative estimate of drug-likeness (QED) is 0.777. The lowest BCUT2D eigenvalue weighted by atomic mass is 10.1. The van der Waals surface area contributed by atoms with Gasteiger partial charge in [-0.05, 0) is 36.7 Å². The summed E-state index contributed by atoms with van der Waals surface area (Å²) in [6.07, 6.45) is 2.84. The molecule has 2 heterocycles. The molecule has 0 saturated heterocycles. The van der Waals surface area contributed by atoms with Crippen LogP contribution in [-0.2, 0) is 6.42 Å². The minimum atomic E-state index is 0.261. The van der Waals surface area contributed by atoms with Crippen molar-refractivity contribution in [3.8, 4) is 5.69 Å². The third-order valence-corrected chi connectivity index (χ3v) is 4.26. The van der Waals surface area contributed by atoms with Crippen molar-refractivity contribution < 1.29 is 0 Å². The molecule has 1 aromatic carbocycles. The molecular formula is C16H17N3S. The third kappa shape index (κ3) is 2.66. The molecule has 0 spiro atoms. The predicted octanol–water partition coefficient (Wildman–Crippen LogP) is 3.44.